The summed E-state index contributed by atoms with van der Waals surface area (Å²) in [5.41, 5.74) is 13.2. The third kappa shape index (κ3) is 2.97. The Labute approximate surface area is 146 Å². The molecule has 0 aliphatic heterocycles. The molecule has 1 amide bonds. The second kappa shape index (κ2) is 6.35. The number of nitrogens with two attached hydrogens (primary N) is 2. The molecular formula is C16H12ClN5OS. The van der Waals surface area contributed by atoms with Crippen molar-refractivity contribution in [3.63, 3.8) is 0 Å². The Morgan fingerprint density at radius 3 is 2.88 bits per heavy atom. The third-order valence-corrected chi connectivity index (χ3v) is 4.77. The second-order valence-electron chi connectivity index (χ2n) is 5.04. The number of halogens is 1. The van der Waals surface area contributed by atoms with E-state index in [1.165, 1.54) is 0 Å². The van der Waals surface area contributed by atoms with Crippen LogP contribution in [0.1, 0.15) is 20.8 Å². The average molecular weight is 358 g/mol. The lowest BCUT2D eigenvalue weighted by Crippen LogP contribution is -2.22. The van der Waals surface area contributed by atoms with Crippen LogP contribution in [-0.4, -0.2) is 10.9 Å². The molecule has 0 aliphatic carbocycles. The summed E-state index contributed by atoms with van der Waals surface area (Å²) in [4.78, 5) is 17.4. The molecule has 0 unspecified atom stereocenters. The first-order chi connectivity index (χ1) is 11.5. The molecule has 24 heavy (non-hydrogen) atoms. The van der Waals surface area contributed by atoms with Gasteiger partial charge in [0.1, 0.15) is 21.6 Å². The minimum Gasteiger partial charge on any atom is -0.397 e. The lowest BCUT2D eigenvalue weighted by molar-refractivity contribution is 0.0956. The normalized spacial score (nSPS) is 10.5. The van der Waals surface area contributed by atoms with Crippen molar-refractivity contribution < 1.29 is 4.79 Å². The van der Waals surface area contributed by atoms with E-state index in [0.717, 1.165) is 16.9 Å². The highest BCUT2D eigenvalue weighted by Crippen LogP contribution is 2.34. The van der Waals surface area contributed by atoms with Gasteiger partial charge in [0.05, 0.1) is 11.3 Å². The summed E-state index contributed by atoms with van der Waals surface area (Å²) >= 11 is 7.06. The molecule has 3 rings (SSSR count). The number of amides is 1. The quantitative estimate of drug-likeness (QED) is 0.666. The van der Waals surface area contributed by atoms with Crippen LogP contribution in [0, 0.1) is 11.3 Å². The van der Waals surface area contributed by atoms with Crippen LogP contribution in [0.3, 0.4) is 0 Å². The van der Waals surface area contributed by atoms with Gasteiger partial charge in [-0.1, -0.05) is 23.7 Å². The Morgan fingerprint density at radius 2 is 2.17 bits per heavy atom. The van der Waals surface area contributed by atoms with Gasteiger partial charge in [0.15, 0.2) is 0 Å². The molecule has 0 fully saturated rings. The van der Waals surface area contributed by atoms with Crippen LogP contribution in [0.5, 0.6) is 0 Å². The zero-order chi connectivity index (χ0) is 17.3. The van der Waals surface area contributed by atoms with Crippen molar-refractivity contribution >= 4 is 50.6 Å². The van der Waals surface area contributed by atoms with Gasteiger partial charge in [0.2, 0.25) is 0 Å². The van der Waals surface area contributed by atoms with Gasteiger partial charge in [-0.15, -0.1) is 11.3 Å². The SMILES string of the molecule is N#Cc1cc2c(N)c(C(=O)NCc3cccc(Cl)c3)sc2nc1N. The van der Waals surface area contributed by atoms with Gasteiger partial charge in [-0.3, -0.25) is 4.79 Å². The average Bonchev–Trinajstić information content (AvgIpc) is 2.88. The van der Waals surface area contributed by atoms with E-state index in [1.54, 1.807) is 18.2 Å². The van der Waals surface area contributed by atoms with Crippen LogP contribution in [0.15, 0.2) is 30.3 Å². The molecule has 6 nitrogen and oxygen atoms in total. The van der Waals surface area contributed by atoms with Gasteiger partial charge in [-0.05, 0) is 23.8 Å². The first-order valence-corrected chi connectivity index (χ1v) is 8.10. The zero-order valence-electron chi connectivity index (χ0n) is 12.3. The third-order valence-electron chi connectivity index (χ3n) is 3.42. The number of nitrogen functional groups attached to an aromatic ring is 2. The van der Waals surface area contributed by atoms with Crippen LogP contribution < -0.4 is 16.8 Å². The first kappa shape index (κ1) is 16.1. The Morgan fingerprint density at radius 1 is 1.38 bits per heavy atom. The number of thiophene rings is 1. The monoisotopic (exact) mass is 357 g/mol. The number of fused-ring (bicyclic) bond motifs is 1. The van der Waals surface area contributed by atoms with Gasteiger partial charge >= 0.3 is 0 Å². The van der Waals surface area contributed by atoms with Crippen LogP contribution in [0.25, 0.3) is 10.2 Å². The number of aromatic nitrogens is 1. The van der Waals surface area contributed by atoms with Crippen LogP contribution >= 0.6 is 22.9 Å². The van der Waals surface area contributed by atoms with E-state index >= 15 is 0 Å². The first-order valence-electron chi connectivity index (χ1n) is 6.91. The summed E-state index contributed by atoms with van der Waals surface area (Å²) in [6.45, 7) is 0.325. The lowest BCUT2D eigenvalue weighted by atomic mass is 10.2. The van der Waals surface area contributed by atoms with Crippen molar-refractivity contribution in [3.05, 3.63) is 51.4 Å². The van der Waals surface area contributed by atoms with Gasteiger partial charge in [0, 0.05) is 17.0 Å². The summed E-state index contributed by atoms with van der Waals surface area (Å²) < 4.78 is 0. The van der Waals surface area contributed by atoms with Gasteiger partial charge in [-0.2, -0.15) is 5.26 Å². The van der Waals surface area contributed by atoms with E-state index in [1.807, 2.05) is 18.2 Å². The van der Waals surface area contributed by atoms with E-state index < -0.39 is 0 Å². The Bertz CT molecular complexity index is 992. The van der Waals surface area contributed by atoms with Crippen LogP contribution in [0.4, 0.5) is 11.5 Å². The smallest absolute Gasteiger partial charge is 0.263 e. The molecule has 0 saturated carbocycles. The number of nitriles is 1. The lowest BCUT2D eigenvalue weighted by Gasteiger charge is -2.05. The number of carbonyl (C=O) groups is 1. The van der Waals surface area contributed by atoms with Gasteiger partial charge in [0.25, 0.3) is 5.91 Å². The molecule has 2 aromatic heterocycles. The standard InChI is InChI=1S/C16H12ClN5OS/c17-10-3-1-2-8(4-10)7-21-15(23)13-12(19)11-5-9(6-18)14(20)22-16(11)24-13/h1-5H,7,19H2,(H2,20,22)(H,21,23). The minimum absolute atomic E-state index is 0.122. The van der Waals surface area contributed by atoms with E-state index in [9.17, 15) is 4.79 Å². The Balaban J connectivity index is 1.87. The largest absolute Gasteiger partial charge is 0.397 e. The maximum absolute atomic E-state index is 12.4. The van der Waals surface area contributed by atoms with E-state index in [4.69, 9.17) is 28.3 Å². The van der Waals surface area contributed by atoms with Crippen molar-refractivity contribution in [2.45, 2.75) is 6.54 Å². The molecule has 0 radical (unpaired) electrons. The van der Waals surface area contributed by atoms with E-state index in [2.05, 4.69) is 10.3 Å². The Kier molecular flexibility index (Phi) is 4.25. The molecule has 0 aliphatic rings. The summed E-state index contributed by atoms with van der Waals surface area (Å²) in [6.07, 6.45) is 0. The van der Waals surface area contributed by atoms with Crippen LogP contribution in [0.2, 0.25) is 5.02 Å². The molecule has 1 aromatic carbocycles. The number of carbonyl (C=O) groups excluding carboxylic acids is 1. The van der Waals surface area contributed by atoms with Crippen molar-refractivity contribution in [1.82, 2.24) is 10.3 Å². The number of benzene rings is 1. The highest BCUT2D eigenvalue weighted by molar-refractivity contribution is 7.21. The summed E-state index contributed by atoms with van der Waals surface area (Å²) in [7, 11) is 0. The number of hydrogen-bond acceptors (Lipinski definition) is 6. The highest BCUT2D eigenvalue weighted by Gasteiger charge is 2.18. The fourth-order valence-corrected chi connectivity index (χ4v) is 3.44. The number of pyridine rings is 1. The summed E-state index contributed by atoms with van der Waals surface area (Å²) in [5, 5.41) is 13.0. The van der Waals surface area contributed by atoms with E-state index in [-0.39, 0.29) is 17.3 Å². The van der Waals surface area contributed by atoms with Crippen molar-refractivity contribution in [3.8, 4) is 6.07 Å². The van der Waals surface area contributed by atoms with Gasteiger partial charge in [-0.25, -0.2) is 4.98 Å². The van der Waals surface area contributed by atoms with Crippen LogP contribution in [-0.2, 0) is 6.54 Å². The molecule has 8 heteroatoms. The van der Waals surface area contributed by atoms with Crippen molar-refractivity contribution in [2.24, 2.45) is 0 Å². The molecule has 0 bridgehead atoms. The molecule has 2 heterocycles. The molecule has 5 N–H and O–H groups in total. The van der Waals surface area contributed by atoms with Crippen molar-refractivity contribution in [2.75, 3.05) is 11.5 Å². The molecule has 0 saturated heterocycles. The fraction of sp³-hybridized carbons (Fsp3) is 0.0625. The molecule has 120 valence electrons. The number of nitrogens with zero attached hydrogens (tertiary/aromatic N) is 2. The number of hydrogen-bond donors (Lipinski definition) is 3. The zero-order valence-corrected chi connectivity index (χ0v) is 13.9. The van der Waals surface area contributed by atoms with Crippen molar-refractivity contribution in [1.29, 1.82) is 5.26 Å². The molecule has 3 aromatic rings. The van der Waals surface area contributed by atoms with E-state index in [0.29, 0.717) is 32.3 Å². The maximum atomic E-state index is 12.4. The highest BCUT2D eigenvalue weighted by atomic mass is 35.5. The summed E-state index contributed by atoms with van der Waals surface area (Å²) in [6, 6.07) is 10.7. The Hall–Kier alpha value is -2.82. The van der Waals surface area contributed by atoms with Gasteiger partial charge < -0.3 is 16.8 Å². The predicted molar refractivity (Wildman–Crippen MR) is 95.8 cm³/mol. The number of anilines is 2. The maximum Gasteiger partial charge on any atom is 0.263 e. The molecular weight excluding hydrogens is 346 g/mol. The second-order valence-corrected chi connectivity index (χ2v) is 6.48. The minimum atomic E-state index is -0.312. The summed E-state index contributed by atoms with van der Waals surface area (Å²) in [5.74, 6) is -0.190. The predicted octanol–water partition coefficient (Wildman–Crippen LogP) is 2.92. The molecule has 0 atom stereocenters. The molecule has 0 spiro atoms. The number of nitrogens with one attached hydrogen (secondary N) is 1. The topological polar surface area (TPSA) is 118 Å². The fourth-order valence-electron chi connectivity index (χ4n) is 2.22. The number of rotatable bonds is 3.